The van der Waals surface area contributed by atoms with Crippen molar-refractivity contribution < 1.29 is 17.6 Å². The Hall–Kier alpha value is -2.66. The molecule has 178 valence electrons. The van der Waals surface area contributed by atoms with Crippen LogP contribution in [0.2, 0.25) is 5.02 Å². The fourth-order valence-electron chi connectivity index (χ4n) is 3.31. The lowest BCUT2D eigenvalue weighted by atomic mass is 10.2. The van der Waals surface area contributed by atoms with Gasteiger partial charge in [-0.2, -0.15) is 23.4 Å². The van der Waals surface area contributed by atoms with E-state index >= 15 is 0 Å². The molecular weight excluding hydrogens is 480 g/mol. The van der Waals surface area contributed by atoms with Gasteiger partial charge in [0, 0.05) is 13.1 Å². The number of halogens is 5. The van der Waals surface area contributed by atoms with Crippen LogP contribution < -0.4 is 10.6 Å². The third-order valence-corrected chi connectivity index (χ3v) is 5.80. The van der Waals surface area contributed by atoms with E-state index in [1.165, 1.54) is 23.7 Å². The maximum absolute atomic E-state index is 13.1. The van der Waals surface area contributed by atoms with Gasteiger partial charge in [-0.05, 0) is 57.1 Å². The van der Waals surface area contributed by atoms with Crippen LogP contribution in [0, 0.1) is 26.6 Å². The highest BCUT2D eigenvalue weighted by atomic mass is 35.5. The van der Waals surface area contributed by atoms with Crippen molar-refractivity contribution in [3.8, 4) is 0 Å². The van der Waals surface area contributed by atoms with Gasteiger partial charge in [-0.1, -0.05) is 23.7 Å². The first kappa shape index (κ1) is 25.0. The van der Waals surface area contributed by atoms with Crippen LogP contribution in [0.5, 0.6) is 0 Å². The molecule has 12 heteroatoms. The van der Waals surface area contributed by atoms with Crippen LogP contribution in [0.3, 0.4) is 0 Å². The third-order valence-electron chi connectivity index (χ3n) is 5.10. The van der Waals surface area contributed by atoms with Gasteiger partial charge in [0.15, 0.2) is 10.8 Å². The molecule has 6 nitrogen and oxygen atoms in total. The molecule has 1 aromatic carbocycles. The molecule has 0 unspecified atom stereocenters. The summed E-state index contributed by atoms with van der Waals surface area (Å²) in [5.41, 5.74) is 2.48. The highest BCUT2D eigenvalue weighted by molar-refractivity contribution is 7.80. The summed E-state index contributed by atoms with van der Waals surface area (Å²) in [6, 6.07) is 6.22. The van der Waals surface area contributed by atoms with Crippen molar-refractivity contribution in [3.63, 3.8) is 0 Å². The Bertz CT molecular complexity index is 1140. The molecule has 0 aliphatic rings. The minimum absolute atomic E-state index is 0.255. The maximum Gasteiger partial charge on any atom is 0.436 e. The molecule has 0 radical (unpaired) electrons. The fourth-order valence-corrected chi connectivity index (χ4v) is 3.75. The molecule has 33 heavy (non-hydrogen) atoms. The second kappa shape index (κ2) is 10.1. The molecule has 3 aromatic rings. The van der Waals surface area contributed by atoms with Crippen molar-refractivity contribution in [2.45, 2.75) is 46.5 Å². The highest BCUT2D eigenvalue weighted by Gasteiger charge is 2.38. The number of alkyl halides is 3. The summed E-state index contributed by atoms with van der Waals surface area (Å²) in [4.78, 5) is 0. The first-order valence-electron chi connectivity index (χ1n) is 10.1. The van der Waals surface area contributed by atoms with Crippen molar-refractivity contribution in [2.24, 2.45) is 0 Å². The summed E-state index contributed by atoms with van der Waals surface area (Å²) >= 11 is 11.1. The zero-order chi connectivity index (χ0) is 24.3. The van der Waals surface area contributed by atoms with Crippen LogP contribution in [0.1, 0.15) is 34.8 Å². The molecule has 0 atom stereocenters. The van der Waals surface area contributed by atoms with Crippen LogP contribution in [-0.4, -0.2) is 31.2 Å². The van der Waals surface area contributed by atoms with Crippen LogP contribution in [0.25, 0.3) is 0 Å². The Morgan fingerprint density at radius 1 is 1.06 bits per heavy atom. The van der Waals surface area contributed by atoms with E-state index in [9.17, 15) is 17.6 Å². The molecule has 0 aliphatic heterocycles. The minimum Gasteiger partial charge on any atom is -0.362 e. The number of rotatable bonds is 7. The van der Waals surface area contributed by atoms with Gasteiger partial charge in [0.05, 0.1) is 34.3 Å². The SMILES string of the molecule is Cc1nn(Cc2ccc(F)cc2)c(C)c1NC(=S)NCCCn1nc(C(F)(F)F)c(Cl)c1C. The van der Waals surface area contributed by atoms with E-state index in [0.717, 1.165) is 22.6 Å². The van der Waals surface area contributed by atoms with Crippen LogP contribution in [-0.2, 0) is 19.3 Å². The number of thiocarbonyl (C=S) groups is 1. The summed E-state index contributed by atoms with van der Waals surface area (Å²) in [6.07, 6.45) is -4.10. The molecular formula is C21H23ClF4N6S. The Balaban J connectivity index is 1.53. The Morgan fingerprint density at radius 3 is 2.33 bits per heavy atom. The van der Waals surface area contributed by atoms with E-state index in [0.29, 0.717) is 24.6 Å². The van der Waals surface area contributed by atoms with Crippen molar-refractivity contribution in [3.05, 3.63) is 63.4 Å². The molecule has 2 N–H and O–H groups in total. The van der Waals surface area contributed by atoms with Gasteiger partial charge in [0.1, 0.15) is 5.82 Å². The minimum atomic E-state index is -4.59. The molecule has 0 spiro atoms. The third kappa shape index (κ3) is 6.02. The largest absolute Gasteiger partial charge is 0.436 e. The number of hydrogen-bond acceptors (Lipinski definition) is 3. The van der Waals surface area contributed by atoms with E-state index < -0.39 is 11.9 Å². The summed E-state index contributed by atoms with van der Waals surface area (Å²) in [5, 5.41) is 14.2. The van der Waals surface area contributed by atoms with Gasteiger partial charge >= 0.3 is 6.18 Å². The molecule has 2 heterocycles. The second-order valence-electron chi connectivity index (χ2n) is 7.53. The van der Waals surface area contributed by atoms with E-state index in [1.807, 2.05) is 13.8 Å². The van der Waals surface area contributed by atoms with Crippen molar-refractivity contribution >= 4 is 34.6 Å². The first-order valence-corrected chi connectivity index (χ1v) is 10.9. The second-order valence-corrected chi connectivity index (χ2v) is 8.32. The summed E-state index contributed by atoms with van der Waals surface area (Å²) in [5.74, 6) is -0.294. The van der Waals surface area contributed by atoms with Crippen molar-refractivity contribution in [1.29, 1.82) is 0 Å². The quantitative estimate of drug-likeness (QED) is 0.263. The number of anilines is 1. The van der Waals surface area contributed by atoms with Crippen LogP contribution in [0.4, 0.5) is 23.2 Å². The molecule has 0 saturated heterocycles. The number of hydrogen-bond donors (Lipinski definition) is 2. The topological polar surface area (TPSA) is 59.7 Å². The van der Waals surface area contributed by atoms with Crippen molar-refractivity contribution in [1.82, 2.24) is 24.9 Å². The van der Waals surface area contributed by atoms with E-state index in [4.69, 9.17) is 23.8 Å². The average Bonchev–Trinajstić information content (AvgIpc) is 3.17. The number of aromatic nitrogens is 4. The number of benzene rings is 1. The lowest BCUT2D eigenvalue weighted by Crippen LogP contribution is -2.30. The molecule has 0 aliphatic carbocycles. The Morgan fingerprint density at radius 2 is 1.73 bits per heavy atom. The lowest BCUT2D eigenvalue weighted by molar-refractivity contribution is -0.141. The smallest absolute Gasteiger partial charge is 0.362 e. The Kier molecular flexibility index (Phi) is 7.63. The highest BCUT2D eigenvalue weighted by Crippen LogP contribution is 2.35. The molecule has 0 amide bonds. The van der Waals surface area contributed by atoms with Gasteiger partial charge in [-0.25, -0.2) is 4.39 Å². The zero-order valence-corrected chi connectivity index (χ0v) is 19.8. The van der Waals surface area contributed by atoms with Crippen LogP contribution >= 0.6 is 23.8 Å². The van der Waals surface area contributed by atoms with Gasteiger partial charge in [0.25, 0.3) is 0 Å². The van der Waals surface area contributed by atoms with Gasteiger partial charge in [-0.3, -0.25) is 9.36 Å². The van der Waals surface area contributed by atoms with Crippen molar-refractivity contribution in [2.75, 3.05) is 11.9 Å². The van der Waals surface area contributed by atoms with E-state index in [2.05, 4.69) is 20.8 Å². The molecule has 0 saturated carbocycles. The molecule has 0 bridgehead atoms. The number of aryl methyl sites for hydroxylation is 2. The molecule has 0 fully saturated rings. The lowest BCUT2D eigenvalue weighted by Gasteiger charge is -2.12. The van der Waals surface area contributed by atoms with Gasteiger partial charge in [0.2, 0.25) is 0 Å². The van der Waals surface area contributed by atoms with E-state index in [1.54, 1.807) is 16.8 Å². The predicted molar refractivity (Wildman–Crippen MR) is 123 cm³/mol. The normalized spacial score (nSPS) is 11.6. The monoisotopic (exact) mass is 502 g/mol. The summed E-state index contributed by atoms with van der Waals surface area (Å²) in [7, 11) is 0. The fraction of sp³-hybridized carbons (Fsp3) is 0.381. The number of nitrogens with one attached hydrogen (secondary N) is 2. The average molecular weight is 503 g/mol. The first-order chi connectivity index (χ1) is 15.5. The standard InChI is InChI=1S/C21H23ClF4N6S/c1-12-18(14(3)32(29-12)11-15-5-7-16(23)8-6-15)28-20(33)27-9-4-10-31-13(2)17(22)19(30-31)21(24,25)26/h5-8H,4,9-11H2,1-3H3,(H2,27,28,33). The maximum atomic E-state index is 13.1. The van der Waals surface area contributed by atoms with Crippen LogP contribution in [0.15, 0.2) is 24.3 Å². The number of nitrogens with zero attached hydrogens (tertiary/aromatic N) is 4. The van der Waals surface area contributed by atoms with E-state index in [-0.39, 0.29) is 23.1 Å². The summed E-state index contributed by atoms with van der Waals surface area (Å²) < 4.78 is 55.0. The molecule has 2 aromatic heterocycles. The molecule has 3 rings (SSSR count). The zero-order valence-electron chi connectivity index (χ0n) is 18.2. The van der Waals surface area contributed by atoms with Gasteiger partial charge < -0.3 is 10.6 Å². The Labute approximate surface area is 198 Å². The predicted octanol–water partition coefficient (Wildman–Crippen LogP) is 5.24. The van der Waals surface area contributed by atoms with Gasteiger partial charge in [-0.15, -0.1) is 0 Å². The summed E-state index contributed by atoms with van der Waals surface area (Å²) in [6.45, 7) is 6.41.